The van der Waals surface area contributed by atoms with Crippen LogP contribution in [0.4, 0.5) is 0 Å². The van der Waals surface area contributed by atoms with Gasteiger partial charge in [-0.2, -0.15) is 0 Å². The third-order valence-corrected chi connectivity index (χ3v) is 11.7. The molecule has 0 radical (unpaired) electrons. The van der Waals surface area contributed by atoms with E-state index in [2.05, 4.69) is 20.0 Å². The number of hydrogen-bond acceptors (Lipinski definition) is 4. The van der Waals surface area contributed by atoms with Crippen LogP contribution in [0.3, 0.4) is 0 Å². The van der Waals surface area contributed by atoms with Gasteiger partial charge in [-0.25, -0.2) is 0 Å². The molecule has 0 heterocycles. The highest BCUT2D eigenvalue weighted by Gasteiger charge is 2.40. The lowest BCUT2D eigenvalue weighted by Gasteiger charge is -2.35. The Balaban J connectivity index is 3.97. The zero-order valence-electron chi connectivity index (χ0n) is 15.1. The molecule has 0 aliphatic carbocycles. The lowest BCUT2D eigenvalue weighted by atomic mass is 10.1. The molecule has 0 aromatic rings. The third kappa shape index (κ3) is 13.9. The second-order valence-corrected chi connectivity index (χ2v) is 17.5. The highest BCUT2D eigenvalue weighted by molar-refractivity contribution is 6.84. The minimum atomic E-state index is -2.55. The zero-order valence-corrected chi connectivity index (χ0v) is 18.1. The van der Waals surface area contributed by atoms with Crippen molar-refractivity contribution in [2.75, 3.05) is 6.61 Å². The molecular weight excluding hydrogens is 316 g/mol. The molecular formula is C14H36O4Si3. The van der Waals surface area contributed by atoms with Crippen LogP contribution in [-0.4, -0.2) is 37.1 Å². The van der Waals surface area contributed by atoms with Gasteiger partial charge < -0.3 is 17.5 Å². The molecule has 7 heteroatoms. The van der Waals surface area contributed by atoms with Crippen molar-refractivity contribution in [1.82, 2.24) is 0 Å². The Morgan fingerprint density at radius 1 is 0.714 bits per heavy atom. The highest BCUT2D eigenvalue weighted by atomic mass is 28.5. The average molecular weight is 353 g/mol. The van der Waals surface area contributed by atoms with Gasteiger partial charge in [-0.1, -0.05) is 39.0 Å². The molecule has 0 aromatic heterocycles. The topological polar surface area (TPSA) is 47.9 Å². The second-order valence-electron chi connectivity index (χ2n) is 7.07. The molecule has 0 aliphatic rings. The van der Waals surface area contributed by atoms with E-state index in [9.17, 15) is 4.80 Å². The Morgan fingerprint density at radius 2 is 1.24 bits per heavy atom. The maximum Gasteiger partial charge on any atom is 0.322 e. The van der Waals surface area contributed by atoms with Crippen molar-refractivity contribution in [3.8, 4) is 0 Å². The lowest BCUT2D eigenvalue weighted by Crippen LogP contribution is -2.53. The van der Waals surface area contributed by atoms with Gasteiger partial charge in [0, 0.05) is 6.61 Å². The van der Waals surface area contributed by atoms with Crippen molar-refractivity contribution in [1.29, 1.82) is 0 Å². The molecule has 4 nitrogen and oxygen atoms in total. The van der Waals surface area contributed by atoms with Crippen molar-refractivity contribution in [3.63, 3.8) is 0 Å². The van der Waals surface area contributed by atoms with Crippen LogP contribution in [0.5, 0.6) is 0 Å². The van der Waals surface area contributed by atoms with Gasteiger partial charge in [0.2, 0.25) is 0 Å². The summed E-state index contributed by atoms with van der Waals surface area (Å²) in [6, 6.07) is 0. The first kappa shape index (κ1) is 21.5. The lowest BCUT2D eigenvalue weighted by molar-refractivity contribution is 0.219. The predicted molar refractivity (Wildman–Crippen MR) is 96.2 cm³/mol. The highest BCUT2D eigenvalue weighted by Crippen LogP contribution is 2.20. The van der Waals surface area contributed by atoms with Crippen molar-refractivity contribution >= 4 is 25.7 Å². The van der Waals surface area contributed by atoms with Gasteiger partial charge in [-0.3, -0.25) is 0 Å². The summed E-state index contributed by atoms with van der Waals surface area (Å²) in [7, 11) is -7.02. The number of unbranched alkanes of at least 4 members (excludes halogenated alkanes) is 5. The van der Waals surface area contributed by atoms with Crippen LogP contribution in [0.15, 0.2) is 0 Å². The first-order valence-corrected chi connectivity index (χ1v) is 16.7. The van der Waals surface area contributed by atoms with Crippen LogP contribution in [0.1, 0.15) is 45.4 Å². The summed E-state index contributed by atoms with van der Waals surface area (Å²) in [6.07, 6.45) is 7.59. The van der Waals surface area contributed by atoms with Crippen LogP contribution in [0.2, 0.25) is 39.3 Å². The zero-order chi connectivity index (χ0) is 16.6. The summed E-state index contributed by atoms with van der Waals surface area (Å²) in [5.41, 5.74) is 0. The van der Waals surface area contributed by atoms with E-state index >= 15 is 0 Å². The van der Waals surface area contributed by atoms with Crippen LogP contribution in [0, 0.1) is 0 Å². The van der Waals surface area contributed by atoms with Gasteiger partial charge in [0.15, 0.2) is 0 Å². The van der Waals surface area contributed by atoms with Gasteiger partial charge in [0.1, 0.15) is 0 Å². The molecule has 0 amide bonds. The van der Waals surface area contributed by atoms with Crippen LogP contribution in [-0.2, 0) is 12.7 Å². The summed E-state index contributed by atoms with van der Waals surface area (Å²) in [6.45, 7) is 14.7. The van der Waals surface area contributed by atoms with E-state index in [0.717, 1.165) is 13.0 Å². The average Bonchev–Trinajstić information content (AvgIpc) is 2.22. The van der Waals surface area contributed by atoms with Crippen LogP contribution < -0.4 is 0 Å². The predicted octanol–water partition coefficient (Wildman–Crippen LogP) is 4.49. The summed E-state index contributed by atoms with van der Waals surface area (Å²) < 4.78 is 17.9. The number of rotatable bonds is 12. The molecule has 0 fully saturated rings. The Kier molecular flexibility index (Phi) is 9.81. The fraction of sp³-hybridized carbons (Fsp3) is 1.00. The van der Waals surface area contributed by atoms with Crippen molar-refractivity contribution < 1.29 is 17.5 Å². The van der Waals surface area contributed by atoms with Crippen molar-refractivity contribution in [2.24, 2.45) is 0 Å². The molecule has 0 spiro atoms. The molecule has 0 saturated carbocycles. The van der Waals surface area contributed by atoms with E-state index < -0.39 is 25.7 Å². The van der Waals surface area contributed by atoms with Crippen LogP contribution in [0.25, 0.3) is 0 Å². The second kappa shape index (κ2) is 9.59. The molecule has 0 bridgehead atoms. The monoisotopic (exact) mass is 352 g/mol. The van der Waals surface area contributed by atoms with E-state index in [4.69, 9.17) is 12.7 Å². The SMILES string of the molecule is CCCCCCCCO[Si](C)(C)O[Si](C)(C)O[Si](C)(C)O. The summed E-state index contributed by atoms with van der Waals surface area (Å²) in [4.78, 5) is 9.91. The Morgan fingerprint density at radius 3 is 1.76 bits per heavy atom. The Labute approximate surface area is 135 Å². The van der Waals surface area contributed by atoms with E-state index in [0.29, 0.717) is 0 Å². The fourth-order valence-corrected chi connectivity index (χ4v) is 13.4. The normalized spacial score (nSPS) is 13.7. The van der Waals surface area contributed by atoms with E-state index in [1.54, 1.807) is 13.1 Å². The van der Waals surface area contributed by atoms with E-state index in [1.165, 1.54) is 32.1 Å². The Hall–Kier alpha value is 0.491. The largest absolute Gasteiger partial charge is 0.416 e. The smallest absolute Gasteiger partial charge is 0.322 e. The molecule has 0 atom stereocenters. The first-order valence-electron chi connectivity index (χ1n) is 8.24. The van der Waals surface area contributed by atoms with E-state index in [-0.39, 0.29) is 0 Å². The first-order chi connectivity index (χ1) is 9.47. The van der Waals surface area contributed by atoms with Crippen molar-refractivity contribution in [2.45, 2.75) is 84.7 Å². The standard InChI is InChI=1S/C14H36O4Si3/c1-8-9-10-11-12-13-14-16-20(4,5)18-21(6,7)17-19(2,3)15/h15H,8-14H2,1-7H3. The minimum Gasteiger partial charge on any atom is -0.416 e. The molecule has 21 heavy (non-hydrogen) atoms. The molecule has 0 saturated heterocycles. The molecule has 0 unspecified atom stereocenters. The van der Waals surface area contributed by atoms with E-state index in [1.807, 2.05) is 13.1 Å². The van der Waals surface area contributed by atoms with Gasteiger partial charge >= 0.3 is 25.7 Å². The van der Waals surface area contributed by atoms with Crippen LogP contribution >= 0.6 is 0 Å². The van der Waals surface area contributed by atoms with Gasteiger partial charge in [-0.15, -0.1) is 0 Å². The minimum absolute atomic E-state index is 0.774. The third-order valence-electron chi connectivity index (χ3n) is 2.93. The molecule has 0 aliphatic heterocycles. The maximum absolute atomic E-state index is 9.91. The van der Waals surface area contributed by atoms with Gasteiger partial charge in [0.25, 0.3) is 0 Å². The molecule has 128 valence electrons. The molecule has 1 N–H and O–H groups in total. The fourth-order valence-electron chi connectivity index (χ4n) is 2.44. The van der Waals surface area contributed by atoms with Gasteiger partial charge in [0.05, 0.1) is 0 Å². The number of hydrogen-bond donors (Lipinski definition) is 1. The summed E-state index contributed by atoms with van der Waals surface area (Å²) in [5.74, 6) is 0. The Bertz CT molecular complexity index is 278. The van der Waals surface area contributed by atoms with Gasteiger partial charge in [-0.05, 0) is 45.7 Å². The summed E-state index contributed by atoms with van der Waals surface area (Å²) in [5, 5.41) is 0. The molecule has 0 aromatic carbocycles. The quantitative estimate of drug-likeness (QED) is 0.415. The summed E-state index contributed by atoms with van der Waals surface area (Å²) >= 11 is 0. The van der Waals surface area contributed by atoms with Crippen molar-refractivity contribution in [3.05, 3.63) is 0 Å². The maximum atomic E-state index is 9.91. The molecule has 0 rings (SSSR count).